The van der Waals surface area contributed by atoms with E-state index in [1.54, 1.807) is 0 Å². The number of methoxy groups -OCH3 is 1. The summed E-state index contributed by atoms with van der Waals surface area (Å²) in [6.07, 6.45) is 0.508. The van der Waals surface area contributed by atoms with Gasteiger partial charge < -0.3 is 20.1 Å². The number of phenolic OH excluding ortho intramolecular Hbond substituents is 1. The molecule has 18 heteroatoms. The average molecular weight is 767 g/mol. The number of nitrogens with zero attached hydrogens (tertiary/aromatic N) is 2. The number of fused-ring (bicyclic) bond motifs is 4. The largest absolute Gasteiger partial charge is 0.507 e. The fourth-order valence-electron chi connectivity index (χ4n) is 7.92. The summed E-state index contributed by atoms with van der Waals surface area (Å²) in [5.41, 5.74) is -2.57. The van der Waals surface area contributed by atoms with Gasteiger partial charge in [-0.1, -0.05) is 17.7 Å². The summed E-state index contributed by atoms with van der Waals surface area (Å²) in [4.78, 5) is 62.8. The van der Waals surface area contributed by atoms with Crippen LogP contribution in [0.25, 0.3) is 0 Å². The Morgan fingerprint density at radius 1 is 0.827 bits per heavy atom. The second kappa shape index (κ2) is 11.6. The molecule has 3 aromatic carbocycles. The van der Waals surface area contributed by atoms with Crippen molar-refractivity contribution in [3.8, 4) is 17.2 Å². The molecule has 3 fully saturated rings. The standard InChI is InChI=1S/C34H21Cl2F5N2O9/c1-52-19-7-2-11(8-18(19)45)21-13-5-6-15-20(29(47)42(28(15)46)12-3-4-14(30(48)49)17(44)9-12)16(13)10-33(35)31(50)43(32(51)34(21,33)36)27-25(40)23(38)22(37)24(39)26(27)41/h2-5,7-9,15-16,20-21,44-45H,6,10H2,1H3,(H,48,49)/t15-,16+,20-,21-,33+,34-/m0/s1. The van der Waals surface area contributed by atoms with Gasteiger partial charge in [-0.05, 0) is 48.6 Å². The van der Waals surface area contributed by atoms with Crippen molar-refractivity contribution in [2.75, 3.05) is 16.9 Å². The predicted molar refractivity (Wildman–Crippen MR) is 169 cm³/mol. The van der Waals surface area contributed by atoms with Gasteiger partial charge in [-0.25, -0.2) is 36.5 Å². The third kappa shape index (κ3) is 4.39. The van der Waals surface area contributed by atoms with Crippen molar-refractivity contribution >= 4 is 64.2 Å². The summed E-state index contributed by atoms with van der Waals surface area (Å²) >= 11 is 14.1. The molecule has 6 atom stereocenters. The van der Waals surface area contributed by atoms with Crippen LogP contribution in [0.5, 0.6) is 17.2 Å². The molecule has 7 rings (SSSR count). The van der Waals surface area contributed by atoms with E-state index in [0.29, 0.717) is 4.90 Å². The van der Waals surface area contributed by atoms with Crippen molar-refractivity contribution in [1.29, 1.82) is 0 Å². The number of hydrogen-bond donors (Lipinski definition) is 3. The number of phenols is 2. The summed E-state index contributed by atoms with van der Waals surface area (Å²) in [6.45, 7) is 0. The van der Waals surface area contributed by atoms with Crippen molar-refractivity contribution in [1.82, 2.24) is 0 Å². The Bertz CT molecular complexity index is 2210. The Kier molecular flexibility index (Phi) is 7.88. The Balaban J connectivity index is 1.41. The Morgan fingerprint density at radius 3 is 2.04 bits per heavy atom. The Labute approximate surface area is 298 Å². The maximum Gasteiger partial charge on any atom is 0.339 e. The molecule has 11 nitrogen and oxygen atoms in total. The van der Waals surface area contributed by atoms with Crippen LogP contribution in [0.2, 0.25) is 0 Å². The number of aromatic carboxylic acids is 1. The van der Waals surface area contributed by atoms with Crippen LogP contribution in [-0.4, -0.2) is 61.8 Å². The van der Waals surface area contributed by atoms with Gasteiger partial charge in [0.1, 0.15) is 17.0 Å². The minimum Gasteiger partial charge on any atom is -0.507 e. The van der Waals surface area contributed by atoms with Crippen molar-refractivity contribution < 1.29 is 66.0 Å². The molecule has 1 saturated carbocycles. The van der Waals surface area contributed by atoms with Crippen LogP contribution in [0.15, 0.2) is 48.0 Å². The topological polar surface area (TPSA) is 162 Å². The van der Waals surface area contributed by atoms with Gasteiger partial charge >= 0.3 is 5.97 Å². The molecule has 270 valence electrons. The fourth-order valence-corrected chi connectivity index (χ4v) is 8.86. The van der Waals surface area contributed by atoms with Crippen LogP contribution in [-0.2, 0) is 19.2 Å². The number of carbonyl (C=O) groups excluding carboxylic acids is 4. The molecule has 2 aliphatic heterocycles. The number of carbonyl (C=O) groups is 5. The van der Waals surface area contributed by atoms with Gasteiger partial charge in [0, 0.05) is 12.0 Å². The molecule has 0 aromatic heterocycles. The van der Waals surface area contributed by atoms with E-state index in [1.165, 1.54) is 25.3 Å². The molecule has 3 N–H and O–H groups in total. The maximum atomic E-state index is 15.2. The lowest BCUT2D eigenvalue weighted by Gasteiger charge is -2.50. The Morgan fingerprint density at radius 2 is 1.46 bits per heavy atom. The third-order valence-corrected chi connectivity index (χ3v) is 11.6. The summed E-state index contributed by atoms with van der Waals surface area (Å²) in [6, 6.07) is 6.61. The predicted octanol–water partition coefficient (Wildman–Crippen LogP) is 5.27. The zero-order valence-electron chi connectivity index (χ0n) is 26.1. The highest BCUT2D eigenvalue weighted by atomic mass is 35.5. The molecule has 0 radical (unpaired) electrons. The van der Waals surface area contributed by atoms with E-state index in [9.17, 15) is 52.5 Å². The number of amides is 4. The highest BCUT2D eigenvalue weighted by Gasteiger charge is 2.77. The van der Waals surface area contributed by atoms with E-state index in [1.807, 2.05) is 0 Å². The number of halogens is 7. The van der Waals surface area contributed by atoms with E-state index in [-0.39, 0.29) is 33.9 Å². The molecular formula is C34H21Cl2F5N2O9. The highest BCUT2D eigenvalue weighted by Crippen LogP contribution is 2.66. The van der Waals surface area contributed by atoms with E-state index in [4.69, 9.17) is 27.9 Å². The van der Waals surface area contributed by atoms with Gasteiger partial charge in [0.2, 0.25) is 17.6 Å². The van der Waals surface area contributed by atoms with Crippen LogP contribution in [0, 0.1) is 46.8 Å². The lowest BCUT2D eigenvalue weighted by atomic mass is 9.56. The molecule has 52 heavy (non-hydrogen) atoms. The number of aromatic hydroxyl groups is 2. The molecule has 4 aliphatic rings. The minimum absolute atomic E-state index is 0.0454. The number of hydrogen-bond acceptors (Lipinski definition) is 8. The molecule has 2 heterocycles. The highest BCUT2D eigenvalue weighted by molar-refractivity contribution is 6.58. The number of anilines is 2. The summed E-state index contributed by atoms with van der Waals surface area (Å²) < 4.78 is 78.3. The first-order valence-corrected chi connectivity index (χ1v) is 16.0. The first kappa shape index (κ1) is 35.2. The molecule has 0 bridgehead atoms. The van der Waals surface area contributed by atoms with Crippen LogP contribution in [0.4, 0.5) is 33.3 Å². The third-order valence-electron chi connectivity index (χ3n) is 10.2. The van der Waals surface area contributed by atoms with Gasteiger partial charge in [-0.3, -0.25) is 19.2 Å². The first-order chi connectivity index (χ1) is 24.4. The monoisotopic (exact) mass is 766 g/mol. The van der Waals surface area contributed by atoms with Crippen LogP contribution < -0.4 is 14.5 Å². The quantitative estimate of drug-likeness (QED) is 0.0785. The lowest BCUT2D eigenvalue weighted by Crippen LogP contribution is -2.60. The zero-order chi connectivity index (χ0) is 37.9. The second-order valence-corrected chi connectivity index (χ2v) is 13.9. The van der Waals surface area contributed by atoms with Crippen LogP contribution in [0.3, 0.4) is 0 Å². The van der Waals surface area contributed by atoms with Crippen molar-refractivity contribution in [2.24, 2.45) is 17.8 Å². The molecule has 0 unspecified atom stereocenters. The number of imide groups is 2. The van der Waals surface area contributed by atoms with Gasteiger partial charge in [-0.2, -0.15) is 0 Å². The molecule has 3 aromatic rings. The molecule has 0 spiro atoms. The van der Waals surface area contributed by atoms with Crippen molar-refractivity contribution in [2.45, 2.75) is 28.5 Å². The number of carboxylic acid groups (broad SMARTS) is 1. The van der Waals surface area contributed by atoms with Crippen LogP contribution >= 0.6 is 23.2 Å². The number of rotatable bonds is 5. The molecule has 2 saturated heterocycles. The number of alkyl halides is 2. The summed E-state index contributed by atoms with van der Waals surface area (Å²) in [5.74, 6) is -25.8. The molecule has 2 aliphatic carbocycles. The number of carboxylic acids is 1. The molecular weight excluding hydrogens is 746 g/mol. The summed E-state index contributed by atoms with van der Waals surface area (Å²) in [5, 5.41) is 30.3. The Hall–Kier alpha value is -5.22. The van der Waals surface area contributed by atoms with Gasteiger partial charge in [0.15, 0.2) is 44.5 Å². The number of ether oxygens (including phenoxy) is 1. The SMILES string of the molecule is COc1ccc([C@H]2C3=CC[C@@H]4C(=O)N(c5ccc(C(=O)O)c(O)c5)C(=O)[C@@H]4[C@@H]3C[C@@]3(Cl)C(=O)N(c4c(F)c(F)c(F)c(F)c4F)C(=O)[C@@]23Cl)cc1O. The second-order valence-electron chi connectivity index (χ2n) is 12.6. The van der Waals surface area contributed by atoms with Crippen molar-refractivity contribution in [3.05, 3.63) is 88.3 Å². The number of allylic oxidation sites excluding steroid dienone is 2. The maximum absolute atomic E-state index is 15.2. The normalized spacial score (nSPS) is 28.1. The van der Waals surface area contributed by atoms with E-state index < -0.39 is 121 Å². The van der Waals surface area contributed by atoms with Gasteiger partial charge in [-0.15, -0.1) is 23.2 Å². The fraction of sp³-hybridized carbons (Fsp3) is 0.265. The lowest BCUT2D eigenvalue weighted by molar-refractivity contribution is -0.125. The van der Waals surface area contributed by atoms with E-state index in [2.05, 4.69) is 0 Å². The van der Waals surface area contributed by atoms with E-state index >= 15 is 8.78 Å². The molecule has 4 amide bonds. The average Bonchev–Trinajstić information content (AvgIpc) is 3.44. The minimum atomic E-state index is -2.80. The zero-order valence-corrected chi connectivity index (χ0v) is 27.6. The number of benzene rings is 3. The van der Waals surface area contributed by atoms with Crippen LogP contribution in [0.1, 0.15) is 34.7 Å². The first-order valence-electron chi connectivity index (χ1n) is 15.2. The summed E-state index contributed by atoms with van der Waals surface area (Å²) in [7, 11) is 1.23. The van der Waals surface area contributed by atoms with Crippen molar-refractivity contribution in [3.63, 3.8) is 0 Å². The smallest absolute Gasteiger partial charge is 0.339 e. The van der Waals surface area contributed by atoms with Gasteiger partial charge in [0.25, 0.3) is 11.8 Å². The van der Waals surface area contributed by atoms with E-state index in [0.717, 1.165) is 24.3 Å². The van der Waals surface area contributed by atoms with Gasteiger partial charge in [0.05, 0.1) is 24.6 Å².